The number of aryl methyl sites for hydroxylation is 2. The quantitative estimate of drug-likeness (QED) is 0.539. The SMILES string of the molecule is Cc1ccc([C@@H]2CC(=O)C[C@@H](c3ccc(C)cc3)C23N=C(c2ccccc2)OC3=O)cc1. The fourth-order valence-corrected chi connectivity index (χ4v) is 4.98. The third-order valence-electron chi connectivity index (χ3n) is 6.71. The second-order valence-electron chi connectivity index (χ2n) is 8.87. The largest absolute Gasteiger partial charge is 0.405 e. The van der Waals surface area contributed by atoms with Crippen LogP contribution in [0.1, 0.15) is 52.5 Å². The van der Waals surface area contributed by atoms with E-state index in [1.54, 1.807) is 0 Å². The first kappa shape index (κ1) is 20.4. The van der Waals surface area contributed by atoms with Gasteiger partial charge in [-0.3, -0.25) is 4.79 Å². The van der Waals surface area contributed by atoms with Gasteiger partial charge in [-0.25, -0.2) is 9.79 Å². The van der Waals surface area contributed by atoms with Crippen molar-refractivity contribution in [3.05, 3.63) is 107 Å². The number of ketones is 1. The van der Waals surface area contributed by atoms with Crippen molar-refractivity contribution in [2.45, 2.75) is 44.1 Å². The Morgan fingerprint density at radius 3 is 1.75 bits per heavy atom. The van der Waals surface area contributed by atoms with E-state index in [-0.39, 0.29) is 36.4 Å². The van der Waals surface area contributed by atoms with Gasteiger partial charge in [0.1, 0.15) is 5.78 Å². The van der Waals surface area contributed by atoms with Gasteiger partial charge < -0.3 is 4.74 Å². The summed E-state index contributed by atoms with van der Waals surface area (Å²) >= 11 is 0. The molecule has 5 rings (SSSR count). The summed E-state index contributed by atoms with van der Waals surface area (Å²) in [6.07, 6.45) is 0.540. The fraction of sp³-hybridized carbons (Fsp3) is 0.250. The molecule has 0 aromatic heterocycles. The van der Waals surface area contributed by atoms with Crippen LogP contribution in [0.15, 0.2) is 83.9 Å². The average Bonchev–Trinajstić information content (AvgIpc) is 3.14. The van der Waals surface area contributed by atoms with Crippen LogP contribution in [0, 0.1) is 13.8 Å². The summed E-state index contributed by atoms with van der Waals surface area (Å²) in [7, 11) is 0. The summed E-state index contributed by atoms with van der Waals surface area (Å²) in [6, 6.07) is 25.6. The molecule has 4 heteroatoms. The van der Waals surface area contributed by atoms with Gasteiger partial charge in [-0.2, -0.15) is 0 Å². The number of hydrogen-bond donors (Lipinski definition) is 0. The average molecular weight is 424 g/mol. The number of rotatable bonds is 3. The number of carbonyl (C=O) groups excluding carboxylic acids is 2. The summed E-state index contributed by atoms with van der Waals surface area (Å²) in [6.45, 7) is 4.05. The second kappa shape index (κ2) is 7.86. The van der Waals surface area contributed by atoms with Crippen molar-refractivity contribution >= 4 is 17.7 Å². The van der Waals surface area contributed by atoms with Crippen molar-refractivity contribution in [2.75, 3.05) is 0 Å². The number of ether oxygens (including phenoxy) is 1. The highest BCUT2D eigenvalue weighted by molar-refractivity contribution is 6.09. The van der Waals surface area contributed by atoms with Gasteiger partial charge in [0.05, 0.1) is 0 Å². The molecule has 0 radical (unpaired) electrons. The molecule has 1 aliphatic carbocycles. The van der Waals surface area contributed by atoms with Gasteiger partial charge in [0.25, 0.3) is 0 Å². The van der Waals surface area contributed by atoms with E-state index in [2.05, 4.69) is 0 Å². The minimum absolute atomic E-state index is 0.142. The predicted molar refractivity (Wildman–Crippen MR) is 124 cm³/mol. The molecule has 1 fully saturated rings. The van der Waals surface area contributed by atoms with E-state index < -0.39 is 5.54 Å². The molecule has 3 aromatic carbocycles. The number of nitrogens with zero attached hydrogens (tertiary/aromatic N) is 1. The van der Waals surface area contributed by atoms with Gasteiger partial charge in [0.15, 0.2) is 5.54 Å². The third kappa shape index (κ3) is 3.36. The lowest BCUT2D eigenvalue weighted by atomic mass is 9.61. The molecule has 4 nitrogen and oxygen atoms in total. The summed E-state index contributed by atoms with van der Waals surface area (Å²) < 4.78 is 5.83. The highest BCUT2D eigenvalue weighted by Gasteiger charge is 2.61. The summed E-state index contributed by atoms with van der Waals surface area (Å²) in [5, 5.41) is 0. The van der Waals surface area contributed by atoms with Crippen molar-refractivity contribution < 1.29 is 14.3 Å². The molecule has 1 aliphatic heterocycles. The van der Waals surface area contributed by atoms with Crippen LogP contribution in [-0.2, 0) is 14.3 Å². The molecule has 1 spiro atoms. The maximum Gasteiger partial charge on any atom is 0.342 e. The van der Waals surface area contributed by atoms with E-state index in [4.69, 9.17) is 9.73 Å². The van der Waals surface area contributed by atoms with Crippen LogP contribution < -0.4 is 0 Å². The van der Waals surface area contributed by atoms with Gasteiger partial charge in [-0.05, 0) is 37.1 Å². The summed E-state index contributed by atoms with van der Waals surface area (Å²) in [5.74, 6) is -0.671. The third-order valence-corrected chi connectivity index (χ3v) is 6.71. The van der Waals surface area contributed by atoms with Crippen molar-refractivity contribution in [1.29, 1.82) is 0 Å². The fourth-order valence-electron chi connectivity index (χ4n) is 4.98. The van der Waals surface area contributed by atoms with Crippen LogP contribution >= 0.6 is 0 Å². The van der Waals surface area contributed by atoms with Gasteiger partial charge >= 0.3 is 5.97 Å². The summed E-state index contributed by atoms with van der Waals surface area (Å²) in [4.78, 5) is 31.7. The van der Waals surface area contributed by atoms with E-state index in [0.717, 1.165) is 27.8 Å². The van der Waals surface area contributed by atoms with Crippen molar-refractivity contribution in [1.82, 2.24) is 0 Å². The molecular formula is C28H25NO3. The lowest BCUT2D eigenvalue weighted by molar-refractivity contribution is -0.143. The Morgan fingerprint density at radius 1 is 0.750 bits per heavy atom. The zero-order valence-corrected chi connectivity index (χ0v) is 18.2. The number of cyclic esters (lactones) is 1. The molecule has 160 valence electrons. The zero-order valence-electron chi connectivity index (χ0n) is 18.2. The topological polar surface area (TPSA) is 55.7 Å². The lowest BCUT2D eigenvalue weighted by Gasteiger charge is -2.42. The Bertz CT molecular complexity index is 1140. The molecule has 2 atom stereocenters. The van der Waals surface area contributed by atoms with Crippen molar-refractivity contribution in [3.8, 4) is 0 Å². The van der Waals surface area contributed by atoms with Gasteiger partial charge in [0.2, 0.25) is 5.90 Å². The van der Waals surface area contributed by atoms with Crippen molar-refractivity contribution in [3.63, 3.8) is 0 Å². The van der Waals surface area contributed by atoms with Gasteiger partial charge in [-0.15, -0.1) is 0 Å². The van der Waals surface area contributed by atoms with Crippen LogP contribution in [0.4, 0.5) is 0 Å². The number of Topliss-reactive ketones (excluding diaryl/α,β-unsaturated/α-hetero) is 1. The Hall–Kier alpha value is -3.53. The molecule has 0 amide bonds. The molecule has 3 aromatic rings. The molecule has 0 unspecified atom stereocenters. The minimum Gasteiger partial charge on any atom is -0.405 e. The molecule has 0 N–H and O–H groups in total. The second-order valence-corrected chi connectivity index (χ2v) is 8.87. The molecule has 0 bridgehead atoms. The maximum atomic E-state index is 13.7. The van der Waals surface area contributed by atoms with E-state index >= 15 is 0 Å². The number of esters is 1. The van der Waals surface area contributed by atoms with Crippen LogP contribution in [0.2, 0.25) is 0 Å². The molecule has 1 heterocycles. The van der Waals surface area contributed by atoms with Crippen molar-refractivity contribution in [2.24, 2.45) is 4.99 Å². The van der Waals surface area contributed by atoms with Gasteiger partial charge in [-0.1, -0.05) is 77.9 Å². The lowest BCUT2D eigenvalue weighted by Crippen LogP contribution is -2.50. The molecule has 0 saturated heterocycles. The standard InChI is InChI=1S/C28H25NO3/c1-18-8-12-20(13-9-18)24-16-23(30)17-25(21-14-10-19(2)11-15-21)28(24)27(31)32-26(29-28)22-6-4-3-5-7-22/h3-15,24-25H,16-17H2,1-2H3/t24-,25-/m0/s1. The Balaban J connectivity index is 1.72. The zero-order chi connectivity index (χ0) is 22.3. The normalized spacial score (nSPS) is 22.0. The predicted octanol–water partition coefficient (Wildman–Crippen LogP) is 5.28. The molecule has 32 heavy (non-hydrogen) atoms. The molecule has 2 aliphatic rings. The van der Waals surface area contributed by atoms with E-state index in [1.165, 1.54) is 0 Å². The first-order valence-electron chi connectivity index (χ1n) is 11.0. The monoisotopic (exact) mass is 423 g/mol. The van der Waals surface area contributed by atoms with Crippen LogP contribution in [-0.4, -0.2) is 23.2 Å². The number of hydrogen-bond acceptors (Lipinski definition) is 4. The smallest absolute Gasteiger partial charge is 0.342 e. The first-order valence-corrected chi connectivity index (χ1v) is 11.0. The Morgan fingerprint density at radius 2 is 1.25 bits per heavy atom. The highest BCUT2D eigenvalue weighted by atomic mass is 16.6. The Kier molecular flexibility index (Phi) is 5.01. The number of benzene rings is 3. The van der Waals surface area contributed by atoms with E-state index in [0.29, 0.717) is 5.90 Å². The Labute approximate surface area is 188 Å². The minimum atomic E-state index is -1.18. The van der Waals surface area contributed by atoms with E-state index in [9.17, 15) is 9.59 Å². The first-order chi connectivity index (χ1) is 15.5. The highest BCUT2D eigenvalue weighted by Crippen LogP contribution is 2.53. The number of carbonyl (C=O) groups is 2. The summed E-state index contributed by atoms with van der Waals surface area (Å²) in [5.41, 5.74) is 3.72. The number of aliphatic imine (C=N–C) groups is 1. The maximum absolute atomic E-state index is 13.7. The van der Waals surface area contributed by atoms with Crippen LogP contribution in [0.3, 0.4) is 0 Å². The van der Waals surface area contributed by atoms with Crippen LogP contribution in [0.25, 0.3) is 0 Å². The molecular weight excluding hydrogens is 398 g/mol. The van der Waals surface area contributed by atoms with Gasteiger partial charge in [0, 0.05) is 30.2 Å². The van der Waals surface area contributed by atoms with E-state index in [1.807, 2.05) is 92.7 Å². The van der Waals surface area contributed by atoms with Crippen LogP contribution in [0.5, 0.6) is 0 Å². The molecule has 1 saturated carbocycles.